The van der Waals surface area contributed by atoms with Gasteiger partial charge in [-0.3, -0.25) is 0 Å². The van der Waals surface area contributed by atoms with E-state index in [-0.39, 0.29) is 0 Å². The van der Waals surface area contributed by atoms with Crippen LogP contribution in [0.5, 0.6) is 0 Å². The van der Waals surface area contributed by atoms with Crippen molar-refractivity contribution in [2.75, 3.05) is 0 Å². The zero-order valence-electron chi connectivity index (χ0n) is 14.2. The molecule has 0 saturated heterocycles. The van der Waals surface area contributed by atoms with Crippen molar-refractivity contribution in [2.24, 2.45) is 11.7 Å². The Morgan fingerprint density at radius 1 is 1.19 bits per heavy atom. The SMILES string of the molecule is CCC=CC(C)=C(CC)C1CC1NC1CCCC(N)CC1. The predicted octanol–water partition coefficient (Wildman–Crippen LogP) is 4.32. The Morgan fingerprint density at radius 3 is 2.71 bits per heavy atom. The van der Waals surface area contributed by atoms with Crippen LogP contribution in [0.15, 0.2) is 23.3 Å². The fraction of sp³-hybridized carbons (Fsp3) is 0.789. The van der Waals surface area contributed by atoms with Gasteiger partial charge in [0.15, 0.2) is 0 Å². The molecule has 3 N–H and O–H groups in total. The lowest BCUT2D eigenvalue weighted by atomic mass is 10.0. The van der Waals surface area contributed by atoms with Gasteiger partial charge in [0.25, 0.3) is 0 Å². The zero-order valence-corrected chi connectivity index (χ0v) is 14.2. The third-order valence-corrected chi connectivity index (χ3v) is 5.19. The number of hydrogen-bond acceptors (Lipinski definition) is 2. The highest BCUT2D eigenvalue weighted by atomic mass is 15.0. The monoisotopic (exact) mass is 290 g/mol. The predicted molar refractivity (Wildman–Crippen MR) is 92.3 cm³/mol. The summed E-state index contributed by atoms with van der Waals surface area (Å²) in [5, 5.41) is 3.92. The fourth-order valence-corrected chi connectivity index (χ4v) is 3.80. The zero-order chi connectivity index (χ0) is 15.2. The number of nitrogens with two attached hydrogens (primary N) is 1. The minimum Gasteiger partial charge on any atom is -0.328 e. The number of nitrogens with one attached hydrogen (secondary N) is 1. The molecule has 2 nitrogen and oxygen atoms in total. The largest absolute Gasteiger partial charge is 0.328 e. The maximum Gasteiger partial charge on any atom is 0.0142 e. The summed E-state index contributed by atoms with van der Waals surface area (Å²) in [6, 6.07) is 1.88. The lowest BCUT2D eigenvalue weighted by Crippen LogP contribution is -2.32. The van der Waals surface area contributed by atoms with Gasteiger partial charge in [-0.15, -0.1) is 0 Å². The average molecular weight is 290 g/mol. The first-order chi connectivity index (χ1) is 10.2. The normalized spacial score (nSPS) is 34.7. The lowest BCUT2D eigenvalue weighted by molar-refractivity contribution is 0.446. The highest BCUT2D eigenvalue weighted by molar-refractivity contribution is 5.30. The highest BCUT2D eigenvalue weighted by Crippen LogP contribution is 2.41. The van der Waals surface area contributed by atoms with Crippen LogP contribution in [0.25, 0.3) is 0 Å². The Kier molecular flexibility index (Phi) is 6.50. The van der Waals surface area contributed by atoms with Gasteiger partial charge in [0.2, 0.25) is 0 Å². The summed E-state index contributed by atoms with van der Waals surface area (Å²) in [5.41, 5.74) is 9.25. The molecule has 2 fully saturated rings. The first kappa shape index (κ1) is 16.8. The van der Waals surface area contributed by atoms with Crippen molar-refractivity contribution in [3.63, 3.8) is 0 Å². The molecule has 0 radical (unpaired) electrons. The topological polar surface area (TPSA) is 38.0 Å². The molecule has 0 aromatic carbocycles. The number of rotatable bonds is 6. The molecule has 0 heterocycles. The van der Waals surface area contributed by atoms with Crippen molar-refractivity contribution in [3.8, 4) is 0 Å². The molecule has 120 valence electrons. The van der Waals surface area contributed by atoms with E-state index in [0.717, 1.165) is 18.4 Å². The van der Waals surface area contributed by atoms with Crippen molar-refractivity contribution in [2.45, 2.75) is 90.3 Å². The van der Waals surface area contributed by atoms with E-state index in [1.165, 1.54) is 50.5 Å². The molecule has 2 heteroatoms. The molecule has 4 atom stereocenters. The minimum absolute atomic E-state index is 0.444. The van der Waals surface area contributed by atoms with Crippen molar-refractivity contribution in [3.05, 3.63) is 23.3 Å². The van der Waals surface area contributed by atoms with E-state index in [2.05, 4.69) is 38.2 Å². The van der Waals surface area contributed by atoms with Gasteiger partial charge in [-0.2, -0.15) is 0 Å². The molecule has 0 spiro atoms. The summed E-state index contributed by atoms with van der Waals surface area (Å²) in [6.45, 7) is 6.79. The fourth-order valence-electron chi connectivity index (χ4n) is 3.80. The van der Waals surface area contributed by atoms with E-state index in [4.69, 9.17) is 5.73 Å². The second kappa shape index (κ2) is 8.14. The second-order valence-corrected chi connectivity index (χ2v) is 6.95. The molecular formula is C19H34N2. The first-order valence-corrected chi connectivity index (χ1v) is 9.03. The molecule has 2 aliphatic rings. The Hall–Kier alpha value is -0.600. The van der Waals surface area contributed by atoms with Crippen LogP contribution >= 0.6 is 0 Å². The van der Waals surface area contributed by atoms with Crippen molar-refractivity contribution >= 4 is 0 Å². The Balaban J connectivity index is 1.86. The molecule has 0 aromatic rings. The van der Waals surface area contributed by atoms with E-state index in [0.29, 0.717) is 12.1 Å². The van der Waals surface area contributed by atoms with E-state index in [9.17, 15) is 0 Å². The average Bonchev–Trinajstić information content (AvgIpc) is 3.24. The second-order valence-electron chi connectivity index (χ2n) is 6.95. The molecule has 21 heavy (non-hydrogen) atoms. The van der Waals surface area contributed by atoms with Crippen LogP contribution in [0.2, 0.25) is 0 Å². The van der Waals surface area contributed by atoms with E-state index in [1.807, 2.05) is 0 Å². The van der Waals surface area contributed by atoms with E-state index < -0.39 is 0 Å². The first-order valence-electron chi connectivity index (χ1n) is 9.03. The van der Waals surface area contributed by atoms with E-state index in [1.54, 1.807) is 5.57 Å². The van der Waals surface area contributed by atoms with Crippen LogP contribution in [-0.2, 0) is 0 Å². The van der Waals surface area contributed by atoms with E-state index >= 15 is 0 Å². The number of hydrogen-bond donors (Lipinski definition) is 2. The van der Waals surface area contributed by atoms with Gasteiger partial charge in [0.1, 0.15) is 0 Å². The molecule has 0 bridgehead atoms. The van der Waals surface area contributed by atoms with Gasteiger partial charge in [-0.05, 0) is 57.8 Å². The van der Waals surface area contributed by atoms with Crippen LogP contribution in [0.4, 0.5) is 0 Å². The quantitative estimate of drug-likeness (QED) is 0.565. The third-order valence-electron chi connectivity index (χ3n) is 5.19. The van der Waals surface area contributed by atoms with Gasteiger partial charge >= 0.3 is 0 Å². The van der Waals surface area contributed by atoms with Crippen LogP contribution in [0.3, 0.4) is 0 Å². The van der Waals surface area contributed by atoms with Gasteiger partial charge in [-0.1, -0.05) is 43.6 Å². The van der Waals surface area contributed by atoms with Crippen molar-refractivity contribution in [1.29, 1.82) is 0 Å². The third kappa shape index (κ3) is 4.96. The van der Waals surface area contributed by atoms with Gasteiger partial charge in [0, 0.05) is 18.1 Å². The summed E-state index contributed by atoms with van der Waals surface area (Å²) >= 11 is 0. The van der Waals surface area contributed by atoms with Gasteiger partial charge in [0.05, 0.1) is 0 Å². The molecule has 0 amide bonds. The summed E-state index contributed by atoms with van der Waals surface area (Å²) in [7, 11) is 0. The minimum atomic E-state index is 0.444. The Labute approximate surface area is 131 Å². The van der Waals surface area contributed by atoms with Crippen molar-refractivity contribution in [1.82, 2.24) is 5.32 Å². The molecular weight excluding hydrogens is 256 g/mol. The van der Waals surface area contributed by atoms with Crippen LogP contribution in [0, 0.1) is 5.92 Å². The highest BCUT2D eigenvalue weighted by Gasteiger charge is 2.40. The molecule has 2 aliphatic carbocycles. The molecule has 2 rings (SSSR count). The molecule has 2 saturated carbocycles. The van der Waals surface area contributed by atoms with Gasteiger partial charge < -0.3 is 11.1 Å². The Bertz CT molecular complexity index is 383. The molecule has 4 unspecified atom stereocenters. The molecule has 0 aromatic heterocycles. The summed E-state index contributed by atoms with van der Waals surface area (Å²) < 4.78 is 0. The molecule has 0 aliphatic heterocycles. The maximum absolute atomic E-state index is 6.08. The summed E-state index contributed by atoms with van der Waals surface area (Å²) in [6.07, 6.45) is 14.6. The van der Waals surface area contributed by atoms with Crippen LogP contribution < -0.4 is 11.1 Å². The summed E-state index contributed by atoms with van der Waals surface area (Å²) in [4.78, 5) is 0. The van der Waals surface area contributed by atoms with Crippen LogP contribution in [-0.4, -0.2) is 18.1 Å². The maximum atomic E-state index is 6.08. The smallest absolute Gasteiger partial charge is 0.0142 e. The standard InChI is InChI=1S/C19H34N2/c1-4-6-8-14(3)17(5-2)18-13-19(18)21-16-10-7-9-15(20)11-12-16/h6,8,15-16,18-19,21H,4-5,7,9-13,20H2,1-3H3. The summed E-state index contributed by atoms with van der Waals surface area (Å²) in [5.74, 6) is 0.786. The Morgan fingerprint density at radius 2 is 2.00 bits per heavy atom. The van der Waals surface area contributed by atoms with Crippen molar-refractivity contribution < 1.29 is 0 Å². The van der Waals surface area contributed by atoms with Gasteiger partial charge in [-0.25, -0.2) is 0 Å². The van der Waals surface area contributed by atoms with Crippen LogP contribution in [0.1, 0.15) is 72.1 Å². The lowest BCUT2D eigenvalue weighted by Gasteiger charge is -2.17. The number of allylic oxidation sites excluding steroid dienone is 3.